The monoisotopic (exact) mass is 306 g/mol. The standard InChI is InChI=1S/C15H13F3N4/c16-15(17,18)12-5-4-11-13(22-6-2-1-3-7-22)10(8-19)9-20-14(11)21-12/h4-5,9H,1-3,6-7H2. The first-order chi connectivity index (χ1) is 10.5. The van der Waals surface area contributed by atoms with Crippen LogP contribution < -0.4 is 4.90 Å². The number of aromatic nitrogens is 2. The minimum absolute atomic E-state index is 0.0226. The summed E-state index contributed by atoms with van der Waals surface area (Å²) in [6, 6.07) is 4.38. The Kier molecular flexibility index (Phi) is 3.61. The second kappa shape index (κ2) is 5.44. The first kappa shape index (κ1) is 14.6. The van der Waals surface area contributed by atoms with Crippen LogP contribution >= 0.6 is 0 Å². The molecule has 0 unspecified atom stereocenters. The normalized spacial score (nSPS) is 15.8. The van der Waals surface area contributed by atoms with Crippen LogP contribution in [0.1, 0.15) is 30.5 Å². The van der Waals surface area contributed by atoms with E-state index in [4.69, 9.17) is 0 Å². The van der Waals surface area contributed by atoms with E-state index >= 15 is 0 Å². The fourth-order valence-electron chi connectivity index (χ4n) is 2.76. The molecule has 0 atom stereocenters. The van der Waals surface area contributed by atoms with E-state index in [0.29, 0.717) is 16.6 Å². The van der Waals surface area contributed by atoms with Gasteiger partial charge >= 0.3 is 6.18 Å². The smallest absolute Gasteiger partial charge is 0.370 e. The van der Waals surface area contributed by atoms with Gasteiger partial charge in [-0.3, -0.25) is 0 Å². The second-order valence-corrected chi connectivity index (χ2v) is 5.25. The van der Waals surface area contributed by atoms with Gasteiger partial charge in [-0.25, -0.2) is 9.97 Å². The number of alkyl halides is 3. The highest BCUT2D eigenvalue weighted by atomic mass is 19.4. The molecule has 0 spiro atoms. The summed E-state index contributed by atoms with van der Waals surface area (Å²) in [5, 5.41) is 9.77. The Labute approximate surface area is 125 Å². The number of hydrogen-bond acceptors (Lipinski definition) is 4. The van der Waals surface area contributed by atoms with Gasteiger partial charge in [0.15, 0.2) is 5.65 Å². The molecule has 1 fully saturated rings. The molecule has 1 aliphatic rings. The van der Waals surface area contributed by atoms with Crippen molar-refractivity contribution >= 4 is 16.7 Å². The maximum absolute atomic E-state index is 12.8. The van der Waals surface area contributed by atoms with Crippen LogP contribution in [0.2, 0.25) is 0 Å². The molecule has 3 rings (SSSR count). The number of hydrogen-bond donors (Lipinski definition) is 0. The molecule has 1 aliphatic heterocycles. The molecule has 0 radical (unpaired) electrons. The van der Waals surface area contributed by atoms with Gasteiger partial charge in [0.1, 0.15) is 11.8 Å². The number of pyridine rings is 2. The van der Waals surface area contributed by atoms with Crippen molar-refractivity contribution in [1.29, 1.82) is 5.26 Å². The fraction of sp³-hybridized carbons (Fsp3) is 0.400. The van der Waals surface area contributed by atoms with Crippen molar-refractivity contribution in [3.05, 3.63) is 29.6 Å². The SMILES string of the molecule is N#Cc1cnc2nc(C(F)(F)F)ccc2c1N1CCCCC1. The molecule has 0 aromatic carbocycles. The molecule has 3 heterocycles. The van der Waals surface area contributed by atoms with Crippen LogP contribution in [0.25, 0.3) is 11.0 Å². The van der Waals surface area contributed by atoms with Gasteiger partial charge in [-0.05, 0) is 31.4 Å². The molecule has 4 nitrogen and oxygen atoms in total. The van der Waals surface area contributed by atoms with Crippen LogP contribution in [0, 0.1) is 11.3 Å². The maximum Gasteiger partial charge on any atom is 0.433 e. The van der Waals surface area contributed by atoms with Crippen LogP contribution in [0.15, 0.2) is 18.3 Å². The van der Waals surface area contributed by atoms with Crippen LogP contribution in [0.5, 0.6) is 0 Å². The highest BCUT2D eigenvalue weighted by molar-refractivity contribution is 5.92. The lowest BCUT2D eigenvalue weighted by Crippen LogP contribution is -2.30. The molecule has 22 heavy (non-hydrogen) atoms. The molecule has 0 amide bonds. The first-order valence-electron chi connectivity index (χ1n) is 7.02. The quantitative estimate of drug-likeness (QED) is 0.809. The van der Waals surface area contributed by atoms with Crippen molar-refractivity contribution in [2.24, 2.45) is 0 Å². The lowest BCUT2D eigenvalue weighted by atomic mass is 10.1. The summed E-state index contributed by atoms with van der Waals surface area (Å²) in [5.41, 5.74) is 0.0700. The van der Waals surface area contributed by atoms with E-state index in [1.165, 1.54) is 12.3 Å². The van der Waals surface area contributed by atoms with E-state index in [1.807, 2.05) is 4.90 Å². The molecule has 1 saturated heterocycles. The summed E-state index contributed by atoms with van der Waals surface area (Å²) in [5.74, 6) is 0. The Morgan fingerprint density at radius 1 is 1.14 bits per heavy atom. The number of piperidine rings is 1. The number of nitrogens with zero attached hydrogens (tertiary/aromatic N) is 4. The molecular weight excluding hydrogens is 293 g/mol. The summed E-state index contributed by atoms with van der Waals surface area (Å²) in [6.45, 7) is 1.57. The van der Waals surface area contributed by atoms with Gasteiger partial charge < -0.3 is 4.90 Å². The van der Waals surface area contributed by atoms with E-state index < -0.39 is 11.9 Å². The molecule has 0 saturated carbocycles. The molecule has 0 N–H and O–H groups in total. The van der Waals surface area contributed by atoms with Crippen molar-refractivity contribution in [2.75, 3.05) is 18.0 Å². The second-order valence-electron chi connectivity index (χ2n) is 5.25. The lowest BCUT2D eigenvalue weighted by Gasteiger charge is -2.30. The van der Waals surface area contributed by atoms with Crippen molar-refractivity contribution in [3.63, 3.8) is 0 Å². The Hall–Kier alpha value is -2.36. The average molecular weight is 306 g/mol. The Bertz CT molecular complexity index is 743. The van der Waals surface area contributed by atoms with Crippen molar-refractivity contribution < 1.29 is 13.2 Å². The fourth-order valence-corrected chi connectivity index (χ4v) is 2.76. The van der Waals surface area contributed by atoms with Crippen molar-refractivity contribution in [2.45, 2.75) is 25.4 Å². The zero-order valence-corrected chi connectivity index (χ0v) is 11.7. The molecule has 0 aliphatic carbocycles. The summed E-state index contributed by atoms with van der Waals surface area (Å²) in [4.78, 5) is 9.57. The highest BCUT2D eigenvalue weighted by Gasteiger charge is 2.33. The largest absolute Gasteiger partial charge is 0.433 e. The zero-order chi connectivity index (χ0) is 15.7. The Morgan fingerprint density at radius 2 is 1.86 bits per heavy atom. The highest BCUT2D eigenvalue weighted by Crippen LogP contribution is 2.34. The average Bonchev–Trinajstić information content (AvgIpc) is 2.53. The minimum Gasteiger partial charge on any atom is -0.370 e. The van der Waals surface area contributed by atoms with E-state index in [1.54, 1.807) is 0 Å². The van der Waals surface area contributed by atoms with Gasteiger partial charge in [-0.15, -0.1) is 0 Å². The van der Waals surface area contributed by atoms with E-state index in [9.17, 15) is 18.4 Å². The van der Waals surface area contributed by atoms with Crippen LogP contribution in [0.3, 0.4) is 0 Å². The molecule has 0 bridgehead atoms. The van der Waals surface area contributed by atoms with Gasteiger partial charge in [0, 0.05) is 24.7 Å². The van der Waals surface area contributed by atoms with Crippen LogP contribution in [-0.4, -0.2) is 23.1 Å². The number of rotatable bonds is 1. The van der Waals surface area contributed by atoms with Gasteiger partial charge in [-0.2, -0.15) is 18.4 Å². The van der Waals surface area contributed by atoms with E-state index in [2.05, 4.69) is 16.0 Å². The van der Waals surface area contributed by atoms with Crippen LogP contribution in [0.4, 0.5) is 18.9 Å². The summed E-state index contributed by atoms with van der Waals surface area (Å²) in [6.07, 6.45) is -0.0716. The lowest BCUT2D eigenvalue weighted by molar-refractivity contribution is -0.141. The third-order valence-electron chi connectivity index (χ3n) is 3.78. The number of halogens is 3. The first-order valence-corrected chi connectivity index (χ1v) is 7.02. The molecule has 7 heteroatoms. The third kappa shape index (κ3) is 2.56. The Morgan fingerprint density at radius 3 is 2.50 bits per heavy atom. The third-order valence-corrected chi connectivity index (χ3v) is 3.78. The molecular formula is C15H13F3N4. The summed E-state index contributed by atoms with van der Waals surface area (Å²) >= 11 is 0. The van der Waals surface area contributed by atoms with Gasteiger partial charge in [0.05, 0.1) is 11.3 Å². The minimum atomic E-state index is -4.50. The van der Waals surface area contributed by atoms with Crippen LogP contribution in [-0.2, 0) is 6.18 Å². The number of fused-ring (bicyclic) bond motifs is 1. The number of nitriles is 1. The summed E-state index contributed by atoms with van der Waals surface area (Å²) < 4.78 is 38.3. The molecule has 2 aromatic heterocycles. The Balaban J connectivity index is 2.18. The predicted molar refractivity (Wildman–Crippen MR) is 75.3 cm³/mol. The van der Waals surface area contributed by atoms with E-state index in [0.717, 1.165) is 38.4 Å². The zero-order valence-electron chi connectivity index (χ0n) is 11.7. The van der Waals surface area contributed by atoms with E-state index in [-0.39, 0.29) is 5.65 Å². The maximum atomic E-state index is 12.8. The van der Waals surface area contributed by atoms with Gasteiger partial charge in [0.2, 0.25) is 0 Å². The molecule has 2 aromatic rings. The molecule has 114 valence electrons. The predicted octanol–water partition coefficient (Wildman–Crippen LogP) is 3.51. The van der Waals surface area contributed by atoms with Crippen molar-refractivity contribution in [3.8, 4) is 6.07 Å². The van der Waals surface area contributed by atoms with Crippen molar-refractivity contribution in [1.82, 2.24) is 9.97 Å². The topological polar surface area (TPSA) is 52.8 Å². The van der Waals surface area contributed by atoms with Gasteiger partial charge in [0.25, 0.3) is 0 Å². The van der Waals surface area contributed by atoms with Gasteiger partial charge in [-0.1, -0.05) is 0 Å². The number of anilines is 1. The summed E-state index contributed by atoms with van der Waals surface area (Å²) in [7, 11) is 0.